The number of nitrogens with zero attached hydrogens (tertiary/aromatic N) is 2. The first-order valence-corrected chi connectivity index (χ1v) is 14.3. The zero-order valence-electron chi connectivity index (χ0n) is 23.5. The maximum Gasteiger partial charge on any atom is 0.305 e. The second-order valence-corrected chi connectivity index (χ2v) is 12.6. The molecule has 2 amide bonds. The fourth-order valence-corrected chi connectivity index (χ4v) is 6.37. The van der Waals surface area contributed by atoms with Crippen LogP contribution in [0.15, 0.2) is 53.5 Å². The summed E-state index contributed by atoms with van der Waals surface area (Å²) in [6.45, 7) is 6.92. The summed E-state index contributed by atoms with van der Waals surface area (Å²) < 4.78 is 0. The van der Waals surface area contributed by atoms with Crippen LogP contribution in [0.1, 0.15) is 93.2 Å². The van der Waals surface area contributed by atoms with Gasteiger partial charge in [0.2, 0.25) is 0 Å². The highest BCUT2D eigenvalue weighted by Crippen LogP contribution is 2.54. The number of aromatic hydroxyl groups is 1. The molecule has 1 aliphatic heterocycles. The van der Waals surface area contributed by atoms with Crippen molar-refractivity contribution in [1.29, 1.82) is 0 Å². The number of aliphatic imine (C=N–C) groups is 1. The van der Waals surface area contributed by atoms with Gasteiger partial charge >= 0.3 is 5.97 Å². The van der Waals surface area contributed by atoms with E-state index in [2.05, 4.69) is 26.1 Å². The van der Waals surface area contributed by atoms with Crippen molar-refractivity contribution in [3.8, 4) is 5.75 Å². The highest BCUT2D eigenvalue weighted by atomic mass is 16.4. The fourth-order valence-electron chi connectivity index (χ4n) is 6.37. The van der Waals surface area contributed by atoms with E-state index < -0.39 is 11.6 Å². The third-order valence-electron chi connectivity index (χ3n) is 8.83. The minimum atomic E-state index is -0.961. The number of nitrogens with one attached hydrogen (secondary N) is 1. The number of carbonyl (C=O) groups excluding carboxylic acids is 2. The number of carboxylic acid groups (broad SMARTS) is 1. The van der Waals surface area contributed by atoms with E-state index in [-0.39, 0.29) is 42.0 Å². The highest BCUT2D eigenvalue weighted by molar-refractivity contribution is 6.46. The van der Waals surface area contributed by atoms with Gasteiger partial charge in [-0.3, -0.25) is 19.4 Å². The SMILES string of the molecule is CC(C)(C)C1CCC2(CC1)N=C(c1ccc(O)cc1)C(=O)N2C(c1ccc(C(=O)NCCC(=O)O)cc1)C1CC1. The zero-order chi connectivity index (χ0) is 28.7. The summed E-state index contributed by atoms with van der Waals surface area (Å²) in [5.74, 6) is -0.324. The molecule has 2 fully saturated rings. The summed E-state index contributed by atoms with van der Waals surface area (Å²) in [4.78, 5) is 44.8. The van der Waals surface area contributed by atoms with Crippen molar-refractivity contribution in [1.82, 2.24) is 10.2 Å². The Balaban J connectivity index is 1.46. The summed E-state index contributed by atoms with van der Waals surface area (Å²) in [6, 6.07) is 13.9. The number of phenols is 1. The normalized spacial score (nSPS) is 23.7. The van der Waals surface area contributed by atoms with Gasteiger partial charge < -0.3 is 20.4 Å². The number of hydrogen-bond donors (Lipinski definition) is 3. The van der Waals surface area contributed by atoms with Crippen LogP contribution in [-0.2, 0) is 9.59 Å². The molecule has 5 rings (SSSR count). The predicted molar refractivity (Wildman–Crippen MR) is 152 cm³/mol. The molecule has 2 aromatic carbocycles. The van der Waals surface area contributed by atoms with Crippen molar-refractivity contribution in [2.45, 2.75) is 77.4 Å². The first-order chi connectivity index (χ1) is 19.0. The quantitative estimate of drug-likeness (QED) is 0.415. The summed E-state index contributed by atoms with van der Waals surface area (Å²) in [7, 11) is 0. The van der Waals surface area contributed by atoms with Crippen LogP contribution in [0, 0.1) is 17.3 Å². The zero-order valence-corrected chi connectivity index (χ0v) is 23.5. The third kappa shape index (κ3) is 5.62. The molecule has 3 aliphatic rings. The first kappa shape index (κ1) is 27.9. The largest absolute Gasteiger partial charge is 0.508 e. The molecule has 2 aromatic rings. The molecule has 1 spiro atoms. The van der Waals surface area contributed by atoms with Crippen LogP contribution in [0.2, 0.25) is 0 Å². The van der Waals surface area contributed by atoms with Gasteiger partial charge in [-0.25, -0.2) is 0 Å². The van der Waals surface area contributed by atoms with E-state index in [0.29, 0.717) is 28.7 Å². The van der Waals surface area contributed by atoms with Crippen LogP contribution in [0.3, 0.4) is 0 Å². The molecule has 8 heteroatoms. The minimum absolute atomic E-state index is 0.0678. The average Bonchev–Trinajstić information content (AvgIpc) is 3.71. The summed E-state index contributed by atoms with van der Waals surface area (Å²) in [6.07, 6.45) is 5.51. The van der Waals surface area contributed by atoms with E-state index in [1.807, 2.05) is 17.0 Å². The van der Waals surface area contributed by atoms with Crippen LogP contribution in [0.25, 0.3) is 0 Å². The second kappa shape index (κ2) is 10.7. The number of phenolic OH excluding ortho intramolecular Hbond substituents is 1. The number of carbonyl (C=O) groups is 3. The smallest absolute Gasteiger partial charge is 0.305 e. The molecule has 2 aliphatic carbocycles. The molecule has 2 saturated carbocycles. The molecular formula is C32H39N3O5. The molecule has 1 unspecified atom stereocenters. The molecule has 1 atom stereocenters. The van der Waals surface area contributed by atoms with E-state index in [1.54, 1.807) is 36.4 Å². The molecule has 3 N–H and O–H groups in total. The lowest BCUT2D eigenvalue weighted by Crippen LogP contribution is -2.52. The molecule has 0 saturated heterocycles. The summed E-state index contributed by atoms with van der Waals surface area (Å²) in [5, 5.41) is 21.3. The van der Waals surface area contributed by atoms with Gasteiger partial charge in [-0.2, -0.15) is 0 Å². The Labute approximate surface area is 235 Å². The van der Waals surface area contributed by atoms with E-state index >= 15 is 0 Å². The molecule has 0 bridgehead atoms. The molecule has 0 aromatic heterocycles. The van der Waals surface area contributed by atoms with Crippen molar-refractivity contribution in [2.24, 2.45) is 22.2 Å². The first-order valence-electron chi connectivity index (χ1n) is 14.3. The third-order valence-corrected chi connectivity index (χ3v) is 8.83. The van der Waals surface area contributed by atoms with E-state index in [9.17, 15) is 19.5 Å². The van der Waals surface area contributed by atoms with Gasteiger partial charge in [0.05, 0.1) is 12.5 Å². The van der Waals surface area contributed by atoms with Crippen molar-refractivity contribution in [3.63, 3.8) is 0 Å². The van der Waals surface area contributed by atoms with Gasteiger partial charge in [-0.05, 0) is 97.7 Å². The Hall–Kier alpha value is -3.68. The standard InChI is InChI=1S/C32H39N3O5/c1-31(2,3)24-14-17-32(18-15-24)34-27(20-10-12-25(36)13-11-20)30(40)35(32)28(21-4-5-21)22-6-8-23(9-7-22)29(39)33-19-16-26(37)38/h6-13,21,24,28,36H,4-5,14-19H2,1-3H3,(H,33,39)(H,37,38). The van der Waals surface area contributed by atoms with Crippen LogP contribution >= 0.6 is 0 Å². The van der Waals surface area contributed by atoms with Crippen LogP contribution in [0.4, 0.5) is 0 Å². The van der Waals surface area contributed by atoms with E-state index in [1.165, 1.54) is 0 Å². The van der Waals surface area contributed by atoms with E-state index in [0.717, 1.165) is 44.1 Å². The molecule has 0 radical (unpaired) electrons. The van der Waals surface area contributed by atoms with Crippen molar-refractivity contribution in [2.75, 3.05) is 6.54 Å². The van der Waals surface area contributed by atoms with Crippen molar-refractivity contribution >= 4 is 23.5 Å². The highest BCUT2D eigenvalue weighted by Gasteiger charge is 2.55. The minimum Gasteiger partial charge on any atom is -0.508 e. The number of amides is 2. The Morgan fingerprint density at radius 3 is 2.20 bits per heavy atom. The van der Waals surface area contributed by atoms with Gasteiger partial charge in [0.1, 0.15) is 17.1 Å². The number of hydrogen-bond acceptors (Lipinski definition) is 5. The van der Waals surface area contributed by atoms with E-state index in [4.69, 9.17) is 10.1 Å². The van der Waals surface area contributed by atoms with Gasteiger partial charge in [0, 0.05) is 17.7 Å². The average molecular weight is 546 g/mol. The molecule has 40 heavy (non-hydrogen) atoms. The number of aliphatic carboxylic acids is 1. The maximum absolute atomic E-state index is 14.3. The lowest BCUT2D eigenvalue weighted by Gasteiger charge is -2.47. The van der Waals surface area contributed by atoms with Crippen LogP contribution < -0.4 is 5.32 Å². The molecular weight excluding hydrogens is 506 g/mol. The lowest BCUT2D eigenvalue weighted by molar-refractivity contribution is -0.137. The van der Waals surface area contributed by atoms with Gasteiger partial charge in [0.15, 0.2) is 0 Å². The summed E-state index contributed by atoms with van der Waals surface area (Å²) >= 11 is 0. The number of rotatable bonds is 8. The number of carboxylic acids is 1. The monoisotopic (exact) mass is 545 g/mol. The van der Waals surface area contributed by atoms with Crippen LogP contribution in [-0.4, -0.2) is 50.8 Å². The topological polar surface area (TPSA) is 119 Å². The molecule has 212 valence electrons. The van der Waals surface area contributed by atoms with Gasteiger partial charge in [-0.1, -0.05) is 32.9 Å². The summed E-state index contributed by atoms with van der Waals surface area (Å²) in [5.41, 5.74) is 2.18. The Morgan fingerprint density at radius 1 is 1.02 bits per heavy atom. The Kier molecular flexibility index (Phi) is 7.46. The molecule has 8 nitrogen and oxygen atoms in total. The molecule has 1 heterocycles. The van der Waals surface area contributed by atoms with Crippen molar-refractivity contribution in [3.05, 3.63) is 65.2 Å². The Morgan fingerprint density at radius 2 is 1.65 bits per heavy atom. The Bertz CT molecular complexity index is 1300. The van der Waals surface area contributed by atoms with Crippen LogP contribution in [0.5, 0.6) is 5.75 Å². The maximum atomic E-state index is 14.3. The number of benzene rings is 2. The van der Waals surface area contributed by atoms with Gasteiger partial charge in [0.25, 0.3) is 11.8 Å². The van der Waals surface area contributed by atoms with Crippen molar-refractivity contribution < 1.29 is 24.6 Å². The predicted octanol–water partition coefficient (Wildman–Crippen LogP) is 5.31. The fraction of sp³-hybridized carbons (Fsp3) is 0.500. The van der Waals surface area contributed by atoms with Gasteiger partial charge in [-0.15, -0.1) is 0 Å². The lowest BCUT2D eigenvalue weighted by atomic mass is 9.69. The second-order valence-electron chi connectivity index (χ2n) is 12.6.